The Morgan fingerprint density at radius 1 is 1.21 bits per heavy atom. The second-order valence-electron chi connectivity index (χ2n) is 8.19. The molecule has 1 saturated carbocycles. The van der Waals surface area contributed by atoms with Gasteiger partial charge in [0.25, 0.3) is 0 Å². The maximum Gasteiger partial charge on any atom is 0.248 e. The fourth-order valence-corrected chi connectivity index (χ4v) is 4.66. The molecule has 0 radical (unpaired) electrons. The minimum Gasteiger partial charge on any atom is -0.392 e. The SMILES string of the molecule is CC(=O)N1c2ccc(C(N)=O)cc2C(Nc2cccc(CO)c2)C(C)C1C1CC1. The first-order valence-corrected chi connectivity index (χ1v) is 10.1. The summed E-state index contributed by atoms with van der Waals surface area (Å²) in [5.41, 5.74) is 9.43. The van der Waals surface area contributed by atoms with E-state index in [0.29, 0.717) is 11.5 Å². The van der Waals surface area contributed by atoms with Crippen molar-refractivity contribution < 1.29 is 14.7 Å². The predicted octanol–water partition coefficient (Wildman–Crippen LogP) is 3.21. The number of hydrogen-bond acceptors (Lipinski definition) is 4. The van der Waals surface area contributed by atoms with Gasteiger partial charge in [-0.15, -0.1) is 0 Å². The summed E-state index contributed by atoms with van der Waals surface area (Å²) in [6, 6.07) is 13.0. The van der Waals surface area contributed by atoms with E-state index in [1.165, 1.54) is 0 Å². The number of carbonyl (C=O) groups excluding carboxylic acids is 2. The van der Waals surface area contributed by atoms with Crippen LogP contribution in [-0.4, -0.2) is 23.0 Å². The van der Waals surface area contributed by atoms with Crippen LogP contribution in [0.25, 0.3) is 0 Å². The number of rotatable bonds is 5. The molecular weight excluding hydrogens is 366 g/mol. The molecule has 3 unspecified atom stereocenters. The summed E-state index contributed by atoms with van der Waals surface area (Å²) in [6.45, 7) is 3.74. The van der Waals surface area contributed by atoms with Crippen LogP contribution in [0.3, 0.4) is 0 Å². The maximum atomic E-state index is 12.6. The lowest BCUT2D eigenvalue weighted by Gasteiger charge is -2.46. The summed E-state index contributed by atoms with van der Waals surface area (Å²) in [7, 11) is 0. The van der Waals surface area contributed by atoms with Crippen LogP contribution < -0.4 is 16.0 Å². The van der Waals surface area contributed by atoms with Crippen LogP contribution in [0.2, 0.25) is 0 Å². The van der Waals surface area contributed by atoms with Crippen molar-refractivity contribution in [2.75, 3.05) is 10.2 Å². The molecule has 4 N–H and O–H groups in total. The van der Waals surface area contributed by atoms with Gasteiger partial charge in [-0.05, 0) is 60.2 Å². The van der Waals surface area contributed by atoms with Crippen LogP contribution in [0.4, 0.5) is 11.4 Å². The molecule has 0 saturated heterocycles. The highest BCUT2D eigenvalue weighted by Crippen LogP contribution is 2.50. The van der Waals surface area contributed by atoms with E-state index in [4.69, 9.17) is 5.73 Å². The Kier molecular flexibility index (Phi) is 5.04. The molecule has 2 aromatic carbocycles. The predicted molar refractivity (Wildman–Crippen MR) is 113 cm³/mol. The number of fused-ring (bicyclic) bond motifs is 1. The summed E-state index contributed by atoms with van der Waals surface area (Å²) < 4.78 is 0. The molecule has 2 aromatic rings. The molecule has 3 atom stereocenters. The van der Waals surface area contributed by atoms with Crippen molar-refractivity contribution in [3.63, 3.8) is 0 Å². The van der Waals surface area contributed by atoms with Crippen molar-refractivity contribution in [2.24, 2.45) is 17.6 Å². The van der Waals surface area contributed by atoms with Gasteiger partial charge in [-0.3, -0.25) is 9.59 Å². The molecule has 2 amide bonds. The largest absolute Gasteiger partial charge is 0.392 e. The molecule has 0 aromatic heterocycles. The Morgan fingerprint density at radius 2 is 1.97 bits per heavy atom. The third kappa shape index (κ3) is 3.60. The first-order chi connectivity index (χ1) is 13.9. The summed E-state index contributed by atoms with van der Waals surface area (Å²) in [5.74, 6) is 0.161. The van der Waals surface area contributed by atoms with Gasteiger partial charge < -0.3 is 21.1 Å². The van der Waals surface area contributed by atoms with E-state index >= 15 is 0 Å². The molecule has 4 rings (SSSR count). The Labute approximate surface area is 170 Å². The van der Waals surface area contributed by atoms with Gasteiger partial charge in [0, 0.05) is 35.8 Å². The van der Waals surface area contributed by atoms with E-state index in [9.17, 15) is 14.7 Å². The first-order valence-electron chi connectivity index (χ1n) is 10.1. The third-order valence-corrected chi connectivity index (χ3v) is 6.15. The van der Waals surface area contributed by atoms with Crippen molar-refractivity contribution in [2.45, 2.75) is 45.4 Å². The summed E-state index contributed by atoms with van der Waals surface area (Å²) >= 11 is 0. The second-order valence-corrected chi connectivity index (χ2v) is 8.19. The molecule has 6 heteroatoms. The van der Waals surface area contributed by atoms with Gasteiger partial charge in [0.1, 0.15) is 0 Å². The van der Waals surface area contributed by atoms with Gasteiger partial charge in [0.2, 0.25) is 11.8 Å². The number of nitrogens with one attached hydrogen (secondary N) is 1. The number of aliphatic hydroxyl groups excluding tert-OH is 1. The minimum atomic E-state index is -0.486. The Bertz CT molecular complexity index is 954. The van der Waals surface area contributed by atoms with Gasteiger partial charge in [0.15, 0.2) is 0 Å². The molecule has 1 heterocycles. The molecule has 1 fully saturated rings. The molecule has 0 bridgehead atoms. The number of nitrogens with two attached hydrogens (primary N) is 1. The zero-order chi connectivity index (χ0) is 20.7. The normalized spacial score (nSPS) is 23.4. The van der Waals surface area contributed by atoms with Crippen LogP contribution in [0.5, 0.6) is 0 Å². The molecule has 1 aliphatic carbocycles. The minimum absolute atomic E-state index is 0.0163. The first kappa shape index (κ1) is 19.5. The highest BCUT2D eigenvalue weighted by atomic mass is 16.3. The highest BCUT2D eigenvalue weighted by molar-refractivity contribution is 5.97. The molecule has 0 spiro atoms. The third-order valence-electron chi connectivity index (χ3n) is 6.15. The number of carbonyl (C=O) groups is 2. The molecule has 1 aliphatic heterocycles. The summed E-state index contributed by atoms with van der Waals surface area (Å²) in [4.78, 5) is 26.3. The van der Waals surface area contributed by atoms with Crippen LogP contribution in [0.1, 0.15) is 54.2 Å². The van der Waals surface area contributed by atoms with Crippen molar-refractivity contribution in [1.82, 2.24) is 0 Å². The van der Waals surface area contributed by atoms with Crippen LogP contribution >= 0.6 is 0 Å². The smallest absolute Gasteiger partial charge is 0.248 e. The molecular formula is C23H27N3O3. The quantitative estimate of drug-likeness (QED) is 0.727. The van der Waals surface area contributed by atoms with Gasteiger partial charge in [0.05, 0.1) is 12.6 Å². The monoisotopic (exact) mass is 393 g/mol. The number of amides is 2. The lowest BCUT2D eigenvalue weighted by atomic mass is 9.79. The van der Waals surface area contributed by atoms with E-state index in [1.807, 2.05) is 35.2 Å². The van der Waals surface area contributed by atoms with E-state index < -0.39 is 5.91 Å². The fraction of sp³-hybridized carbons (Fsp3) is 0.391. The summed E-state index contributed by atoms with van der Waals surface area (Å²) in [5, 5.41) is 13.1. The van der Waals surface area contributed by atoms with Crippen LogP contribution in [-0.2, 0) is 11.4 Å². The van der Waals surface area contributed by atoms with E-state index in [1.54, 1.807) is 19.1 Å². The summed E-state index contributed by atoms with van der Waals surface area (Å²) in [6.07, 6.45) is 2.25. The van der Waals surface area contributed by atoms with Crippen molar-refractivity contribution in [3.8, 4) is 0 Å². The number of benzene rings is 2. The van der Waals surface area contributed by atoms with E-state index in [0.717, 1.165) is 35.3 Å². The van der Waals surface area contributed by atoms with Crippen molar-refractivity contribution in [3.05, 3.63) is 59.2 Å². The van der Waals surface area contributed by atoms with Crippen molar-refractivity contribution in [1.29, 1.82) is 0 Å². The van der Waals surface area contributed by atoms with E-state index in [2.05, 4.69) is 12.2 Å². The number of hydrogen-bond donors (Lipinski definition) is 3. The average Bonchev–Trinajstić information content (AvgIpc) is 3.54. The lowest BCUT2D eigenvalue weighted by molar-refractivity contribution is -0.117. The fourth-order valence-electron chi connectivity index (χ4n) is 4.66. The Morgan fingerprint density at radius 3 is 2.59 bits per heavy atom. The Hall–Kier alpha value is -2.86. The molecule has 2 aliphatic rings. The maximum absolute atomic E-state index is 12.6. The average molecular weight is 393 g/mol. The van der Waals surface area contributed by atoms with Crippen LogP contribution in [0.15, 0.2) is 42.5 Å². The standard InChI is InChI=1S/C23H27N3O3/c1-13-21(25-18-5-3-4-15(10-18)12-27)19-11-17(23(24)29)8-9-20(19)26(14(2)28)22(13)16-6-7-16/h3-5,8-11,13,16,21-22,25,27H,6-7,12H2,1-2H3,(H2,24,29). The molecule has 29 heavy (non-hydrogen) atoms. The topological polar surface area (TPSA) is 95.7 Å². The number of primary amides is 1. The number of aliphatic hydroxyl groups is 1. The molecule has 152 valence electrons. The van der Waals surface area contributed by atoms with Crippen LogP contribution in [0, 0.1) is 11.8 Å². The zero-order valence-electron chi connectivity index (χ0n) is 16.8. The highest BCUT2D eigenvalue weighted by Gasteiger charge is 2.47. The zero-order valence-corrected chi connectivity index (χ0v) is 16.8. The Balaban J connectivity index is 1.82. The van der Waals surface area contributed by atoms with Gasteiger partial charge in [-0.25, -0.2) is 0 Å². The van der Waals surface area contributed by atoms with E-state index in [-0.39, 0.29) is 30.5 Å². The van der Waals surface area contributed by atoms with Gasteiger partial charge in [-0.2, -0.15) is 0 Å². The lowest BCUT2D eigenvalue weighted by Crippen LogP contribution is -2.51. The van der Waals surface area contributed by atoms with Crippen molar-refractivity contribution >= 4 is 23.2 Å². The number of nitrogens with zero attached hydrogens (tertiary/aromatic N) is 1. The second kappa shape index (κ2) is 7.52. The number of anilines is 2. The molecule has 6 nitrogen and oxygen atoms in total. The van der Waals surface area contributed by atoms with Gasteiger partial charge >= 0.3 is 0 Å². The van der Waals surface area contributed by atoms with Gasteiger partial charge in [-0.1, -0.05) is 19.1 Å².